The van der Waals surface area contributed by atoms with E-state index in [0.717, 1.165) is 12.8 Å². The lowest BCUT2D eigenvalue weighted by Gasteiger charge is -2.35. The molecule has 5 heteroatoms. The minimum absolute atomic E-state index is 0.0616. The number of hydrogen-bond acceptors (Lipinski definition) is 3. The van der Waals surface area contributed by atoms with Gasteiger partial charge in [-0.3, -0.25) is 4.79 Å². The highest BCUT2D eigenvalue weighted by molar-refractivity contribution is 5.82. The highest BCUT2D eigenvalue weighted by Gasteiger charge is 2.38. The van der Waals surface area contributed by atoms with Crippen molar-refractivity contribution in [1.29, 1.82) is 0 Å². The largest absolute Gasteiger partial charge is 0.479 e. The fourth-order valence-electron chi connectivity index (χ4n) is 2.18. The van der Waals surface area contributed by atoms with E-state index in [1.54, 1.807) is 11.9 Å². The van der Waals surface area contributed by atoms with Gasteiger partial charge in [0, 0.05) is 13.1 Å². The van der Waals surface area contributed by atoms with Gasteiger partial charge in [0.25, 0.3) is 5.91 Å². The van der Waals surface area contributed by atoms with Crippen molar-refractivity contribution in [3.8, 4) is 0 Å². The molecule has 2 atom stereocenters. The van der Waals surface area contributed by atoms with Gasteiger partial charge in [-0.2, -0.15) is 0 Å². The van der Waals surface area contributed by atoms with Crippen LogP contribution in [-0.2, 0) is 14.3 Å². The number of nitrogens with zero attached hydrogens (tertiary/aromatic N) is 1. The summed E-state index contributed by atoms with van der Waals surface area (Å²) in [5, 5.41) is 8.77. The first-order valence-electron chi connectivity index (χ1n) is 5.74. The fourth-order valence-corrected chi connectivity index (χ4v) is 2.18. The minimum Gasteiger partial charge on any atom is -0.479 e. The van der Waals surface area contributed by atoms with Crippen LogP contribution in [0.3, 0.4) is 0 Å². The number of rotatable bonds is 3. The number of amides is 1. The molecule has 1 saturated heterocycles. The Morgan fingerprint density at radius 1 is 1.19 bits per heavy atom. The summed E-state index contributed by atoms with van der Waals surface area (Å²) in [7, 11) is 1.78. The lowest BCUT2D eigenvalue weighted by Crippen LogP contribution is -2.46. The summed E-state index contributed by atoms with van der Waals surface area (Å²) in [5.74, 6) is -1.03. The Balaban J connectivity index is 1.88. The molecular weight excluding hydrogens is 210 g/mol. The quantitative estimate of drug-likeness (QED) is 0.768. The van der Waals surface area contributed by atoms with Gasteiger partial charge >= 0.3 is 5.97 Å². The highest BCUT2D eigenvalue weighted by atomic mass is 16.5. The van der Waals surface area contributed by atoms with E-state index in [-0.39, 0.29) is 5.91 Å². The molecule has 0 aromatic carbocycles. The van der Waals surface area contributed by atoms with Crippen molar-refractivity contribution in [3.63, 3.8) is 0 Å². The van der Waals surface area contributed by atoms with Crippen LogP contribution in [0.5, 0.6) is 0 Å². The van der Waals surface area contributed by atoms with Crippen LogP contribution in [0.25, 0.3) is 0 Å². The van der Waals surface area contributed by atoms with Gasteiger partial charge in [-0.15, -0.1) is 0 Å². The van der Waals surface area contributed by atoms with E-state index in [9.17, 15) is 9.59 Å². The Morgan fingerprint density at radius 2 is 1.81 bits per heavy atom. The Labute approximate surface area is 94.4 Å². The van der Waals surface area contributed by atoms with Crippen LogP contribution in [0, 0.1) is 0 Å². The first kappa shape index (κ1) is 11.4. The first-order valence-corrected chi connectivity index (χ1v) is 5.74. The molecule has 2 rings (SSSR count). The van der Waals surface area contributed by atoms with Gasteiger partial charge < -0.3 is 14.7 Å². The maximum absolute atomic E-state index is 12.0. The number of carbonyl (C=O) groups excluding carboxylic acids is 1. The van der Waals surface area contributed by atoms with Crippen LogP contribution in [0.15, 0.2) is 0 Å². The van der Waals surface area contributed by atoms with Gasteiger partial charge in [0.1, 0.15) is 6.10 Å². The molecule has 16 heavy (non-hydrogen) atoms. The number of likely N-dealkylation sites (N-methyl/N-ethyl adjacent to an activating group) is 1. The molecule has 5 nitrogen and oxygen atoms in total. The number of hydrogen-bond donors (Lipinski definition) is 1. The average Bonchev–Trinajstić information content (AvgIpc) is 2.62. The SMILES string of the molecule is CN(C(=O)C1CCC(C(=O)O)O1)C1CCC1. The molecule has 2 fully saturated rings. The van der Waals surface area contributed by atoms with E-state index in [1.165, 1.54) is 6.42 Å². The molecule has 0 aromatic heterocycles. The number of carboxylic acids is 1. The Morgan fingerprint density at radius 3 is 2.25 bits per heavy atom. The summed E-state index contributed by atoms with van der Waals surface area (Å²) in [6.07, 6.45) is 2.88. The molecule has 90 valence electrons. The van der Waals surface area contributed by atoms with Crippen molar-refractivity contribution in [2.75, 3.05) is 7.05 Å². The molecule has 1 N–H and O–H groups in total. The zero-order chi connectivity index (χ0) is 11.7. The predicted molar refractivity (Wildman–Crippen MR) is 55.9 cm³/mol. The summed E-state index contributed by atoms with van der Waals surface area (Å²) in [5.41, 5.74) is 0. The molecule has 2 aliphatic rings. The number of ether oxygens (including phenoxy) is 1. The lowest BCUT2D eigenvalue weighted by molar-refractivity contribution is -0.155. The van der Waals surface area contributed by atoms with Gasteiger partial charge in [-0.1, -0.05) is 0 Å². The minimum atomic E-state index is -0.971. The van der Waals surface area contributed by atoms with Gasteiger partial charge in [0.05, 0.1) is 0 Å². The molecule has 2 unspecified atom stereocenters. The molecule has 1 aliphatic heterocycles. The standard InChI is InChI=1S/C11H17NO4/c1-12(7-3-2-4-7)10(13)8-5-6-9(16-8)11(14)15/h7-9H,2-6H2,1H3,(H,14,15). The van der Waals surface area contributed by atoms with Crippen LogP contribution >= 0.6 is 0 Å². The summed E-state index contributed by atoms with van der Waals surface area (Å²) < 4.78 is 5.23. The van der Waals surface area contributed by atoms with E-state index in [4.69, 9.17) is 9.84 Å². The van der Waals surface area contributed by atoms with Crippen LogP contribution in [0.1, 0.15) is 32.1 Å². The summed E-state index contributed by atoms with van der Waals surface area (Å²) >= 11 is 0. The maximum atomic E-state index is 12.0. The third-order valence-electron chi connectivity index (χ3n) is 3.54. The zero-order valence-corrected chi connectivity index (χ0v) is 9.39. The number of aliphatic carboxylic acids is 1. The second-order valence-electron chi connectivity index (χ2n) is 4.56. The fraction of sp³-hybridized carbons (Fsp3) is 0.818. The second kappa shape index (κ2) is 4.41. The van der Waals surface area contributed by atoms with Gasteiger partial charge in [0.15, 0.2) is 6.10 Å². The molecular formula is C11H17NO4. The topological polar surface area (TPSA) is 66.8 Å². The van der Waals surface area contributed by atoms with Crippen LogP contribution in [0.2, 0.25) is 0 Å². The van der Waals surface area contributed by atoms with Gasteiger partial charge in [-0.25, -0.2) is 4.79 Å². The van der Waals surface area contributed by atoms with E-state index in [2.05, 4.69) is 0 Å². The summed E-state index contributed by atoms with van der Waals surface area (Å²) in [6.45, 7) is 0. The first-order chi connectivity index (χ1) is 7.59. The van der Waals surface area contributed by atoms with Gasteiger partial charge in [-0.05, 0) is 32.1 Å². The van der Waals surface area contributed by atoms with Crippen molar-refractivity contribution in [1.82, 2.24) is 4.90 Å². The third kappa shape index (κ3) is 2.04. The van der Waals surface area contributed by atoms with Crippen molar-refractivity contribution < 1.29 is 19.4 Å². The Bertz CT molecular complexity index is 300. The third-order valence-corrected chi connectivity index (χ3v) is 3.54. The zero-order valence-electron chi connectivity index (χ0n) is 9.39. The number of carbonyl (C=O) groups is 2. The lowest BCUT2D eigenvalue weighted by atomic mass is 9.91. The second-order valence-corrected chi connectivity index (χ2v) is 4.56. The monoisotopic (exact) mass is 227 g/mol. The molecule has 0 bridgehead atoms. The van der Waals surface area contributed by atoms with Crippen LogP contribution in [-0.4, -0.2) is 47.2 Å². The van der Waals surface area contributed by atoms with Crippen molar-refractivity contribution >= 4 is 11.9 Å². The smallest absolute Gasteiger partial charge is 0.332 e. The molecule has 0 radical (unpaired) electrons. The van der Waals surface area contributed by atoms with E-state index < -0.39 is 18.2 Å². The van der Waals surface area contributed by atoms with E-state index in [0.29, 0.717) is 18.9 Å². The molecule has 1 heterocycles. The van der Waals surface area contributed by atoms with Crippen molar-refractivity contribution in [2.24, 2.45) is 0 Å². The average molecular weight is 227 g/mol. The maximum Gasteiger partial charge on any atom is 0.332 e. The highest BCUT2D eigenvalue weighted by Crippen LogP contribution is 2.27. The molecule has 0 spiro atoms. The predicted octanol–water partition coefficient (Wildman–Crippen LogP) is 0.629. The Hall–Kier alpha value is -1.10. The molecule has 0 aromatic rings. The molecule has 1 amide bonds. The Kier molecular flexibility index (Phi) is 3.14. The van der Waals surface area contributed by atoms with Crippen molar-refractivity contribution in [2.45, 2.75) is 50.4 Å². The molecule has 1 saturated carbocycles. The molecule has 1 aliphatic carbocycles. The van der Waals surface area contributed by atoms with E-state index in [1.807, 2.05) is 0 Å². The summed E-state index contributed by atoms with van der Waals surface area (Å²) in [6, 6.07) is 0.333. The van der Waals surface area contributed by atoms with Crippen LogP contribution in [0.4, 0.5) is 0 Å². The van der Waals surface area contributed by atoms with Crippen molar-refractivity contribution in [3.05, 3.63) is 0 Å². The van der Waals surface area contributed by atoms with E-state index >= 15 is 0 Å². The van der Waals surface area contributed by atoms with Gasteiger partial charge in [0.2, 0.25) is 0 Å². The van der Waals surface area contributed by atoms with Crippen LogP contribution < -0.4 is 0 Å². The number of carboxylic acid groups (broad SMARTS) is 1. The normalized spacial score (nSPS) is 29.8. The summed E-state index contributed by atoms with van der Waals surface area (Å²) in [4.78, 5) is 24.4.